The van der Waals surface area contributed by atoms with E-state index in [0.29, 0.717) is 30.0 Å². The van der Waals surface area contributed by atoms with Crippen LogP contribution in [0.2, 0.25) is 0 Å². The minimum absolute atomic E-state index is 0.214. The molecular formula is C19H23N3O5. The monoisotopic (exact) mass is 373 g/mol. The Bertz CT molecular complexity index is 852. The first-order chi connectivity index (χ1) is 13.0. The molecule has 1 amide bonds. The van der Waals surface area contributed by atoms with Crippen molar-refractivity contribution in [2.24, 2.45) is 7.05 Å². The summed E-state index contributed by atoms with van der Waals surface area (Å²) in [7, 11) is 4.82. The van der Waals surface area contributed by atoms with Gasteiger partial charge in [-0.3, -0.25) is 9.48 Å². The molecule has 0 spiro atoms. The van der Waals surface area contributed by atoms with Crippen LogP contribution in [0, 0.1) is 0 Å². The predicted molar refractivity (Wildman–Crippen MR) is 97.2 cm³/mol. The van der Waals surface area contributed by atoms with E-state index in [9.17, 15) is 9.59 Å². The van der Waals surface area contributed by atoms with Gasteiger partial charge in [-0.2, -0.15) is 5.10 Å². The zero-order valence-corrected chi connectivity index (χ0v) is 15.9. The highest BCUT2D eigenvalue weighted by Gasteiger charge is 2.32. The smallest absolute Gasteiger partial charge is 0.359 e. The van der Waals surface area contributed by atoms with Crippen molar-refractivity contribution in [3.63, 3.8) is 0 Å². The number of methoxy groups -OCH3 is 2. The van der Waals surface area contributed by atoms with Gasteiger partial charge in [0, 0.05) is 31.3 Å². The summed E-state index contributed by atoms with van der Waals surface area (Å²) in [4.78, 5) is 27.1. The highest BCUT2D eigenvalue weighted by Crippen LogP contribution is 2.32. The number of hydrogen-bond acceptors (Lipinski definition) is 6. The van der Waals surface area contributed by atoms with E-state index in [4.69, 9.17) is 14.2 Å². The molecule has 0 aliphatic carbocycles. The van der Waals surface area contributed by atoms with Crippen molar-refractivity contribution in [1.29, 1.82) is 0 Å². The molecule has 2 heterocycles. The van der Waals surface area contributed by atoms with Gasteiger partial charge in [0.15, 0.2) is 5.69 Å². The third kappa shape index (κ3) is 3.34. The zero-order valence-electron chi connectivity index (χ0n) is 15.9. The molecule has 0 atom stereocenters. The summed E-state index contributed by atoms with van der Waals surface area (Å²) < 4.78 is 17.5. The first-order valence-corrected chi connectivity index (χ1v) is 8.73. The molecule has 0 fully saturated rings. The number of esters is 1. The molecule has 3 rings (SSSR count). The van der Waals surface area contributed by atoms with Gasteiger partial charge in [-0.05, 0) is 19.1 Å². The number of carbonyl (C=O) groups is 2. The molecule has 1 aliphatic rings. The van der Waals surface area contributed by atoms with Crippen LogP contribution >= 0.6 is 0 Å². The lowest BCUT2D eigenvalue weighted by Crippen LogP contribution is -2.37. The summed E-state index contributed by atoms with van der Waals surface area (Å²) in [6.07, 6.45) is 0.599. The summed E-state index contributed by atoms with van der Waals surface area (Å²) >= 11 is 0. The molecule has 0 bridgehead atoms. The fourth-order valence-electron chi connectivity index (χ4n) is 3.35. The van der Waals surface area contributed by atoms with Gasteiger partial charge in [-0.25, -0.2) is 4.79 Å². The van der Waals surface area contributed by atoms with Crippen molar-refractivity contribution in [1.82, 2.24) is 14.7 Å². The van der Waals surface area contributed by atoms with Gasteiger partial charge in [-0.1, -0.05) is 6.07 Å². The molecule has 1 aromatic heterocycles. The lowest BCUT2D eigenvalue weighted by molar-refractivity contribution is 0.0513. The number of rotatable bonds is 5. The predicted octanol–water partition coefficient (Wildman–Crippen LogP) is 1.81. The van der Waals surface area contributed by atoms with Gasteiger partial charge in [0.05, 0.1) is 27.4 Å². The Kier molecular flexibility index (Phi) is 5.34. The lowest BCUT2D eigenvalue weighted by Gasteiger charge is -2.28. The van der Waals surface area contributed by atoms with Crippen LogP contribution in [0.25, 0.3) is 0 Å². The van der Waals surface area contributed by atoms with Crippen LogP contribution in [0.4, 0.5) is 0 Å². The molecule has 144 valence electrons. The summed E-state index contributed by atoms with van der Waals surface area (Å²) in [5.74, 6) is 0.205. The lowest BCUT2D eigenvalue weighted by atomic mass is 10.0. The third-order valence-corrected chi connectivity index (χ3v) is 4.64. The van der Waals surface area contributed by atoms with E-state index >= 15 is 0 Å². The fraction of sp³-hybridized carbons (Fsp3) is 0.421. The number of carbonyl (C=O) groups excluding carboxylic acids is 2. The van der Waals surface area contributed by atoms with Crippen LogP contribution in [0.3, 0.4) is 0 Å². The van der Waals surface area contributed by atoms with Gasteiger partial charge in [0.25, 0.3) is 5.91 Å². The van der Waals surface area contributed by atoms with Gasteiger partial charge < -0.3 is 19.1 Å². The topological polar surface area (TPSA) is 82.9 Å². The Balaban J connectivity index is 1.95. The molecule has 8 nitrogen and oxygen atoms in total. The van der Waals surface area contributed by atoms with Crippen molar-refractivity contribution < 1.29 is 23.8 Å². The minimum atomic E-state index is -0.474. The van der Waals surface area contributed by atoms with Gasteiger partial charge in [0.2, 0.25) is 0 Å². The zero-order chi connectivity index (χ0) is 19.6. The number of aromatic nitrogens is 2. The molecule has 0 saturated heterocycles. The second-order valence-corrected chi connectivity index (χ2v) is 6.13. The van der Waals surface area contributed by atoms with Gasteiger partial charge >= 0.3 is 5.97 Å². The second kappa shape index (κ2) is 7.69. The van der Waals surface area contributed by atoms with Crippen LogP contribution in [-0.2, 0) is 24.8 Å². The highest BCUT2D eigenvalue weighted by molar-refractivity contribution is 6.00. The molecule has 1 aliphatic heterocycles. The largest absolute Gasteiger partial charge is 0.496 e. The number of aryl methyl sites for hydroxylation is 1. The van der Waals surface area contributed by atoms with Crippen molar-refractivity contribution in [2.45, 2.75) is 19.9 Å². The normalized spacial score (nSPS) is 13.1. The van der Waals surface area contributed by atoms with E-state index in [1.807, 2.05) is 0 Å². The summed E-state index contributed by atoms with van der Waals surface area (Å²) in [6, 6.07) is 5.21. The van der Waals surface area contributed by atoms with Crippen LogP contribution in [0.15, 0.2) is 18.2 Å². The number of amides is 1. The maximum atomic E-state index is 13.2. The maximum Gasteiger partial charge on any atom is 0.359 e. The van der Waals surface area contributed by atoms with Gasteiger partial charge in [-0.15, -0.1) is 0 Å². The molecule has 0 N–H and O–H groups in total. The Labute approximate surface area is 157 Å². The first-order valence-electron chi connectivity index (χ1n) is 8.73. The molecule has 1 aromatic carbocycles. The molecule has 0 radical (unpaired) electrons. The fourth-order valence-corrected chi connectivity index (χ4v) is 3.35. The van der Waals surface area contributed by atoms with E-state index in [-0.39, 0.29) is 24.8 Å². The van der Waals surface area contributed by atoms with Crippen LogP contribution in [-0.4, -0.2) is 53.9 Å². The first kappa shape index (κ1) is 18.8. The molecule has 8 heteroatoms. The molecule has 0 unspecified atom stereocenters. The standard InChI is InChI=1S/C19H23N3O5/c1-5-27-19(24)17-12-11-22(10-9-13(12)21(2)20-17)18(23)16-14(25-3)7-6-8-15(16)26-4/h6-8H,5,9-11H2,1-4H3. The van der Waals surface area contributed by atoms with E-state index in [1.54, 1.807) is 41.8 Å². The van der Waals surface area contributed by atoms with Crippen LogP contribution < -0.4 is 9.47 Å². The van der Waals surface area contributed by atoms with Crippen LogP contribution in [0.5, 0.6) is 11.5 Å². The number of nitrogens with zero attached hydrogens (tertiary/aromatic N) is 3. The quantitative estimate of drug-likeness (QED) is 0.744. The number of fused-ring (bicyclic) bond motifs is 1. The van der Waals surface area contributed by atoms with Gasteiger partial charge in [0.1, 0.15) is 17.1 Å². The number of benzene rings is 1. The van der Waals surface area contributed by atoms with E-state index in [1.165, 1.54) is 14.2 Å². The number of hydrogen-bond donors (Lipinski definition) is 0. The van der Waals surface area contributed by atoms with E-state index in [0.717, 1.165) is 11.3 Å². The van der Waals surface area contributed by atoms with Crippen molar-refractivity contribution >= 4 is 11.9 Å². The average molecular weight is 373 g/mol. The summed E-state index contributed by atoms with van der Waals surface area (Å²) in [5, 5.41) is 4.30. The third-order valence-electron chi connectivity index (χ3n) is 4.64. The highest BCUT2D eigenvalue weighted by atomic mass is 16.5. The SMILES string of the molecule is CCOC(=O)c1nn(C)c2c1CN(C(=O)c1c(OC)cccc1OC)CC2. The Morgan fingerprint density at radius 2 is 1.85 bits per heavy atom. The summed E-state index contributed by atoms with van der Waals surface area (Å²) in [6.45, 7) is 2.80. The Morgan fingerprint density at radius 3 is 2.44 bits per heavy atom. The summed E-state index contributed by atoms with van der Waals surface area (Å²) in [5.41, 5.74) is 2.30. The number of ether oxygens (including phenoxy) is 3. The van der Waals surface area contributed by atoms with Crippen molar-refractivity contribution in [3.05, 3.63) is 40.7 Å². The van der Waals surface area contributed by atoms with Crippen molar-refractivity contribution in [2.75, 3.05) is 27.4 Å². The molecule has 2 aromatic rings. The molecular weight excluding hydrogens is 350 g/mol. The van der Waals surface area contributed by atoms with E-state index < -0.39 is 5.97 Å². The van der Waals surface area contributed by atoms with Crippen molar-refractivity contribution in [3.8, 4) is 11.5 Å². The molecule has 27 heavy (non-hydrogen) atoms. The van der Waals surface area contributed by atoms with Crippen LogP contribution in [0.1, 0.15) is 39.0 Å². The molecule has 0 saturated carbocycles. The average Bonchev–Trinajstić information content (AvgIpc) is 3.03. The second-order valence-electron chi connectivity index (χ2n) is 6.13. The Hall–Kier alpha value is -3.03. The maximum absolute atomic E-state index is 13.2. The Morgan fingerprint density at radius 1 is 1.19 bits per heavy atom. The van der Waals surface area contributed by atoms with E-state index in [2.05, 4.69) is 5.10 Å². The minimum Gasteiger partial charge on any atom is -0.496 e.